The van der Waals surface area contributed by atoms with Gasteiger partial charge in [-0.25, -0.2) is 23.1 Å². The highest BCUT2D eigenvalue weighted by Gasteiger charge is 2.58. The Morgan fingerprint density at radius 2 is 1.90 bits per heavy atom. The maximum atomic E-state index is 14.6. The lowest BCUT2D eigenvalue weighted by molar-refractivity contribution is -0.0912. The number of alkyl halides is 2. The van der Waals surface area contributed by atoms with Crippen molar-refractivity contribution in [2.45, 2.75) is 51.1 Å². The summed E-state index contributed by atoms with van der Waals surface area (Å²) < 4.78 is 42.5. The maximum Gasteiger partial charge on any atom is 0.266 e. The van der Waals surface area contributed by atoms with E-state index in [0.717, 1.165) is 25.3 Å². The molecule has 2 aromatic heterocycles. The number of aryl methyl sites for hydroxylation is 1. The van der Waals surface area contributed by atoms with Crippen molar-refractivity contribution in [3.8, 4) is 0 Å². The molecular weight excluding hydrogens is 393 g/mol. The highest BCUT2D eigenvalue weighted by molar-refractivity contribution is 5.90. The molecule has 3 saturated carbocycles. The molecule has 0 saturated heterocycles. The van der Waals surface area contributed by atoms with Crippen LogP contribution in [0, 0.1) is 18.7 Å². The molecule has 2 bridgehead atoms. The van der Waals surface area contributed by atoms with Gasteiger partial charge < -0.3 is 9.88 Å². The van der Waals surface area contributed by atoms with Crippen molar-refractivity contribution in [2.75, 3.05) is 5.32 Å². The zero-order chi connectivity index (χ0) is 21.2. The van der Waals surface area contributed by atoms with Gasteiger partial charge in [-0.15, -0.1) is 0 Å². The molecule has 156 valence electrons. The molecule has 6 rings (SSSR count). The summed E-state index contributed by atoms with van der Waals surface area (Å²) in [6.07, 6.45) is 3.28. The molecule has 0 unspecified atom stereocenters. The van der Waals surface area contributed by atoms with Gasteiger partial charge in [0, 0.05) is 22.9 Å². The number of anilines is 1. The van der Waals surface area contributed by atoms with Gasteiger partial charge in [0.25, 0.3) is 12.0 Å². The average Bonchev–Trinajstić information content (AvgIpc) is 2.63. The van der Waals surface area contributed by atoms with Crippen molar-refractivity contribution in [1.29, 1.82) is 0 Å². The Balaban J connectivity index is 1.57. The smallest absolute Gasteiger partial charge is 0.266 e. The molecule has 1 N–H and O–H groups in total. The van der Waals surface area contributed by atoms with Crippen LogP contribution in [-0.2, 0) is 5.54 Å². The summed E-state index contributed by atoms with van der Waals surface area (Å²) >= 11 is 0. The number of halogens is 3. The lowest BCUT2D eigenvalue weighted by Crippen LogP contribution is -2.62. The Kier molecular flexibility index (Phi) is 4.17. The zero-order valence-corrected chi connectivity index (χ0v) is 16.6. The third-order valence-electron chi connectivity index (χ3n) is 6.67. The molecule has 0 spiro atoms. The molecule has 2 heterocycles. The van der Waals surface area contributed by atoms with Crippen molar-refractivity contribution >= 4 is 16.7 Å². The van der Waals surface area contributed by atoms with Crippen LogP contribution in [0.4, 0.5) is 19.0 Å². The minimum atomic E-state index is -2.89. The molecule has 1 aromatic carbocycles. The van der Waals surface area contributed by atoms with E-state index in [1.165, 1.54) is 18.5 Å². The molecule has 30 heavy (non-hydrogen) atoms. The van der Waals surface area contributed by atoms with Gasteiger partial charge in [0.15, 0.2) is 0 Å². The number of aromatic nitrogens is 3. The third kappa shape index (κ3) is 2.66. The second-order valence-electron chi connectivity index (χ2n) is 8.53. The van der Waals surface area contributed by atoms with Crippen molar-refractivity contribution in [1.82, 2.24) is 14.5 Å². The fraction of sp³-hybridized carbons (Fsp3) is 0.409. The summed E-state index contributed by atoms with van der Waals surface area (Å²) in [5, 5.41) is 3.79. The molecule has 3 fully saturated rings. The first-order valence-electron chi connectivity index (χ1n) is 10.0. The largest absolute Gasteiger partial charge is 0.363 e. The lowest BCUT2D eigenvalue weighted by atomic mass is 9.49. The molecule has 0 aliphatic heterocycles. The number of pyridine rings is 1. The molecule has 8 heteroatoms. The van der Waals surface area contributed by atoms with E-state index in [2.05, 4.69) is 15.3 Å². The predicted octanol–water partition coefficient (Wildman–Crippen LogP) is 4.86. The number of fused-ring (bicyclic) bond motifs is 1. The molecule has 0 radical (unpaired) electrons. The van der Waals surface area contributed by atoms with E-state index in [-0.39, 0.29) is 16.7 Å². The first kappa shape index (κ1) is 19.1. The molecule has 1 atom stereocenters. The molecular formula is C22H21F3N4O. The zero-order valence-electron chi connectivity index (χ0n) is 16.6. The Morgan fingerprint density at radius 3 is 2.53 bits per heavy atom. The van der Waals surface area contributed by atoms with Gasteiger partial charge in [-0.1, -0.05) is 18.2 Å². The van der Waals surface area contributed by atoms with E-state index in [9.17, 15) is 18.0 Å². The van der Waals surface area contributed by atoms with Crippen LogP contribution in [-0.4, -0.2) is 14.5 Å². The quantitative estimate of drug-likeness (QED) is 0.648. The minimum absolute atomic E-state index is 0.0472. The van der Waals surface area contributed by atoms with Crippen molar-refractivity contribution in [3.05, 3.63) is 63.6 Å². The first-order valence-corrected chi connectivity index (χ1v) is 10.0. The molecule has 3 aliphatic carbocycles. The van der Waals surface area contributed by atoms with Crippen LogP contribution in [0.3, 0.4) is 0 Å². The summed E-state index contributed by atoms with van der Waals surface area (Å²) in [6.45, 7) is 3.43. The van der Waals surface area contributed by atoms with Gasteiger partial charge in [-0.2, -0.15) is 0 Å². The number of rotatable bonds is 5. The minimum Gasteiger partial charge on any atom is -0.363 e. The van der Waals surface area contributed by atoms with Gasteiger partial charge in [-0.3, -0.25) is 4.79 Å². The second kappa shape index (κ2) is 6.55. The SMILES string of the molecule is Cc1c(=O)n(C23CC(C2)C3)cc2c(N[C@@H](C)c3cccc(C(F)F)c3F)ncnc12. The summed E-state index contributed by atoms with van der Waals surface area (Å²) in [7, 11) is 0. The van der Waals surface area contributed by atoms with Crippen LogP contribution in [0.5, 0.6) is 0 Å². The fourth-order valence-corrected chi connectivity index (χ4v) is 4.84. The maximum absolute atomic E-state index is 14.6. The Bertz CT molecular complexity index is 1210. The second-order valence-corrected chi connectivity index (χ2v) is 8.53. The van der Waals surface area contributed by atoms with Gasteiger partial charge in [0.2, 0.25) is 0 Å². The van der Waals surface area contributed by atoms with Crippen LogP contribution in [0.15, 0.2) is 35.5 Å². The van der Waals surface area contributed by atoms with E-state index in [4.69, 9.17) is 0 Å². The van der Waals surface area contributed by atoms with Gasteiger partial charge in [0.05, 0.1) is 22.5 Å². The molecule has 3 aromatic rings. The Hall–Kier alpha value is -2.90. The number of benzene rings is 1. The van der Waals surface area contributed by atoms with Crippen LogP contribution >= 0.6 is 0 Å². The van der Waals surface area contributed by atoms with E-state index in [1.807, 2.05) is 4.57 Å². The summed E-state index contributed by atoms with van der Waals surface area (Å²) in [5.74, 6) is 0.230. The Labute approximate surface area is 171 Å². The van der Waals surface area contributed by atoms with Gasteiger partial charge >= 0.3 is 0 Å². The monoisotopic (exact) mass is 414 g/mol. The van der Waals surface area contributed by atoms with E-state index in [0.29, 0.717) is 28.2 Å². The normalized spacial score (nSPS) is 23.2. The van der Waals surface area contributed by atoms with Crippen LogP contribution in [0.1, 0.15) is 55.3 Å². The lowest BCUT2D eigenvalue weighted by Gasteiger charge is -2.62. The first-order chi connectivity index (χ1) is 14.3. The summed E-state index contributed by atoms with van der Waals surface area (Å²) in [4.78, 5) is 21.5. The molecule has 5 nitrogen and oxygen atoms in total. The number of nitrogens with zero attached hydrogens (tertiary/aromatic N) is 3. The number of hydrogen-bond donors (Lipinski definition) is 1. The molecule has 3 aliphatic rings. The Morgan fingerprint density at radius 1 is 1.20 bits per heavy atom. The molecule has 0 amide bonds. The van der Waals surface area contributed by atoms with Gasteiger partial charge in [0.1, 0.15) is 18.0 Å². The predicted molar refractivity (Wildman–Crippen MR) is 107 cm³/mol. The highest BCUT2D eigenvalue weighted by Crippen LogP contribution is 2.61. The summed E-state index contributed by atoms with van der Waals surface area (Å²) in [6, 6.07) is 3.37. The van der Waals surface area contributed by atoms with Crippen molar-refractivity contribution in [3.63, 3.8) is 0 Å². The van der Waals surface area contributed by atoms with Crippen LogP contribution in [0.25, 0.3) is 10.9 Å². The van der Waals surface area contributed by atoms with Crippen molar-refractivity contribution in [2.24, 2.45) is 5.92 Å². The third-order valence-corrected chi connectivity index (χ3v) is 6.67. The average molecular weight is 414 g/mol. The van der Waals surface area contributed by atoms with Crippen molar-refractivity contribution < 1.29 is 13.2 Å². The topological polar surface area (TPSA) is 59.8 Å². The van der Waals surface area contributed by atoms with E-state index < -0.39 is 23.8 Å². The van der Waals surface area contributed by atoms with Crippen LogP contribution < -0.4 is 10.9 Å². The standard InChI is InChI=1S/C22H21F3N4O/c1-11-18-16(9-29(21(11)30)22-6-13(7-22)8-22)20(27-10-26-18)28-12(2)14-4-3-5-15(17(14)23)19(24)25/h3-5,9-10,12-13,19H,6-8H2,1-2H3,(H,26,27,28)/t12-,13?,22?/m0/s1. The summed E-state index contributed by atoms with van der Waals surface area (Å²) in [5.41, 5.74) is 0.438. The van der Waals surface area contributed by atoms with Crippen LogP contribution in [0.2, 0.25) is 0 Å². The number of nitrogens with one attached hydrogen (secondary N) is 1. The van der Waals surface area contributed by atoms with E-state index >= 15 is 0 Å². The van der Waals surface area contributed by atoms with Gasteiger partial charge in [-0.05, 0) is 39.0 Å². The number of hydrogen-bond acceptors (Lipinski definition) is 4. The highest BCUT2D eigenvalue weighted by atomic mass is 19.3. The van der Waals surface area contributed by atoms with E-state index in [1.54, 1.807) is 20.0 Å². The fourth-order valence-electron chi connectivity index (χ4n) is 4.84.